The summed E-state index contributed by atoms with van der Waals surface area (Å²) in [4.78, 5) is 25.1. The highest BCUT2D eigenvalue weighted by atomic mass is 16.2. The predicted molar refractivity (Wildman–Crippen MR) is 64.1 cm³/mol. The fourth-order valence-electron chi connectivity index (χ4n) is 2.54. The van der Waals surface area contributed by atoms with Gasteiger partial charge in [-0.25, -0.2) is 0 Å². The van der Waals surface area contributed by atoms with Gasteiger partial charge in [-0.05, 0) is 25.2 Å². The van der Waals surface area contributed by atoms with Gasteiger partial charge in [-0.1, -0.05) is 0 Å². The van der Waals surface area contributed by atoms with Gasteiger partial charge in [-0.3, -0.25) is 9.59 Å². The zero-order valence-electron chi connectivity index (χ0n) is 10.3. The van der Waals surface area contributed by atoms with Gasteiger partial charge in [-0.15, -0.1) is 0 Å². The highest BCUT2D eigenvalue weighted by Gasteiger charge is 2.37. The summed E-state index contributed by atoms with van der Waals surface area (Å²) in [6.07, 6.45) is 3.49. The first-order valence-electron chi connectivity index (χ1n) is 6.37. The lowest BCUT2D eigenvalue weighted by Gasteiger charge is -2.32. The van der Waals surface area contributed by atoms with Gasteiger partial charge in [0.25, 0.3) is 0 Å². The molecule has 2 unspecified atom stereocenters. The van der Waals surface area contributed by atoms with Crippen molar-refractivity contribution in [3.63, 3.8) is 0 Å². The van der Waals surface area contributed by atoms with Gasteiger partial charge in [0.15, 0.2) is 0 Å². The third-order valence-electron chi connectivity index (χ3n) is 3.87. The number of hydrogen-bond donors (Lipinski definition) is 2. The number of piperidine rings is 1. The molecular weight excluding hydrogens is 218 g/mol. The first kappa shape index (κ1) is 12.4. The van der Waals surface area contributed by atoms with E-state index in [4.69, 9.17) is 5.73 Å². The average molecular weight is 239 g/mol. The summed E-state index contributed by atoms with van der Waals surface area (Å²) < 4.78 is 0. The van der Waals surface area contributed by atoms with Gasteiger partial charge in [0.2, 0.25) is 11.8 Å². The van der Waals surface area contributed by atoms with Crippen molar-refractivity contribution in [2.45, 2.75) is 31.7 Å². The molecule has 2 fully saturated rings. The molecule has 1 saturated heterocycles. The second kappa shape index (κ2) is 5.04. The molecule has 2 rings (SSSR count). The Morgan fingerprint density at radius 3 is 2.71 bits per heavy atom. The standard InChI is InChI=1S/C12H21N3O2/c1-15(10(6-13)8-2-3-8)12(17)9-4-5-11(16)14-7-9/h8-10H,2-7,13H2,1H3,(H,14,16). The van der Waals surface area contributed by atoms with E-state index in [9.17, 15) is 9.59 Å². The molecule has 0 spiro atoms. The molecule has 5 nitrogen and oxygen atoms in total. The highest BCUT2D eigenvalue weighted by molar-refractivity contribution is 5.83. The molecule has 2 amide bonds. The SMILES string of the molecule is CN(C(=O)C1CCC(=O)NC1)C(CN)C1CC1. The maximum atomic E-state index is 12.3. The van der Waals surface area contributed by atoms with E-state index in [2.05, 4.69) is 5.32 Å². The second-order valence-electron chi connectivity index (χ2n) is 5.13. The van der Waals surface area contributed by atoms with Gasteiger partial charge >= 0.3 is 0 Å². The second-order valence-corrected chi connectivity index (χ2v) is 5.13. The van der Waals surface area contributed by atoms with Crippen molar-refractivity contribution in [1.82, 2.24) is 10.2 Å². The van der Waals surface area contributed by atoms with Crippen LogP contribution in [0.5, 0.6) is 0 Å². The van der Waals surface area contributed by atoms with E-state index < -0.39 is 0 Å². The molecule has 0 bridgehead atoms. The van der Waals surface area contributed by atoms with Gasteiger partial charge < -0.3 is 16.0 Å². The maximum Gasteiger partial charge on any atom is 0.227 e. The van der Waals surface area contributed by atoms with Gasteiger partial charge in [-0.2, -0.15) is 0 Å². The van der Waals surface area contributed by atoms with E-state index in [0.29, 0.717) is 31.8 Å². The van der Waals surface area contributed by atoms with Crippen molar-refractivity contribution >= 4 is 11.8 Å². The predicted octanol–water partition coefficient (Wildman–Crippen LogP) is -0.292. The van der Waals surface area contributed by atoms with Crippen LogP contribution in [0.15, 0.2) is 0 Å². The Morgan fingerprint density at radius 2 is 2.24 bits per heavy atom. The van der Waals surface area contributed by atoms with Crippen LogP contribution in [0.25, 0.3) is 0 Å². The molecule has 1 aliphatic carbocycles. The lowest BCUT2D eigenvalue weighted by Crippen LogP contribution is -2.49. The summed E-state index contributed by atoms with van der Waals surface area (Å²) in [5.41, 5.74) is 5.74. The summed E-state index contributed by atoms with van der Waals surface area (Å²) in [7, 11) is 1.84. The molecular formula is C12H21N3O2. The van der Waals surface area contributed by atoms with Crippen LogP contribution in [0.3, 0.4) is 0 Å². The van der Waals surface area contributed by atoms with Crippen molar-refractivity contribution in [2.75, 3.05) is 20.1 Å². The Kier molecular flexibility index (Phi) is 3.66. The summed E-state index contributed by atoms with van der Waals surface area (Å²) >= 11 is 0. The first-order valence-corrected chi connectivity index (χ1v) is 6.37. The molecule has 5 heteroatoms. The number of nitrogens with one attached hydrogen (secondary N) is 1. The quantitative estimate of drug-likeness (QED) is 0.708. The van der Waals surface area contributed by atoms with Crippen molar-refractivity contribution < 1.29 is 9.59 Å². The van der Waals surface area contributed by atoms with Crippen LogP contribution in [-0.4, -0.2) is 42.9 Å². The van der Waals surface area contributed by atoms with E-state index in [-0.39, 0.29) is 23.8 Å². The topological polar surface area (TPSA) is 75.4 Å². The van der Waals surface area contributed by atoms with E-state index in [1.807, 2.05) is 7.05 Å². The summed E-state index contributed by atoms with van der Waals surface area (Å²) in [6, 6.07) is 0.181. The normalized spacial score (nSPS) is 26.2. The average Bonchev–Trinajstić information content (AvgIpc) is 3.14. The number of carbonyl (C=O) groups excluding carboxylic acids is 2. The number of hydrogen-bond acceptors (Lipinski definition) is 3. The Labute approximate surface area is 102 Å². The van der Waals surface area contributed by atoms with Crippen molar-refractivity contribution in [1.29, 1.82) is 0 Å². The van der Waals surface area contributed by atoms with Crippen LogP contribution in [0.4, 0.5) is 0 Å². The lowest BCUT2D eigenvalue weighted by molar-refractivity contribution is -0.138. The van der Waals surface area contributed by atoms with Crippen LogP contribution in [-0.2, 0) is 9.59 Å². The molecule has 2 atom stereocenters. The maximum absolute atomic E-state index is 12.3. The molecule has 0 aromatic heterocycles. The Hall–Kier alpha value is -1.10. The number of rotatable bonds is 4. The molecule has 17 heavy (non-hydrogen) atoms. The first-order chi connectivity index (χ1) is 8.13. The number of carbonyl (C=O) groups is 2. The highest BCUT2D eigenvalue weighted by Crippen LogP contribution is 2.35. The minimum Gasteiger partial charge on any atom is -0.355 e. The Balaban J connectivity index is 1.91. The molecule has 1 heterocycles. The van der Waals surface area contributed by atoms with E-state index >= 15 is 0 Å². The zero-order chi connectivity index (χ0) is 12.4. The van der Waals surface area contributed by atoms with Crippen LogP contribution in [0.1, 0.15) is 25.7 Å². The minimum atomic E-state index is -0.0644. The smallest absolute Gasteiger partial charge is 0.227 e. The van der Waals surface area contributed by atoms with Gasteiger partial charge in [0.05, 0.1) is 5.92 Å². The van der Waals surface area contributed by atoms with Crippen LogP contribution < -0.4 is 11.1 Å². The number of nitrogens with two attached hydrogens (primary N) is 1. The molecule has 1 aliphatic heterocycles. The van der Waals surface area contributed by atoms with E-state index in [0.717, 1.165) is 0 Å². The zero-order valence-corrected chi connectivity index (χ0v) is 10.3. The molecule has 0 aromatic rings. The molecule has 2 aliphatic rings. The third-order valence-corrected chi connectivity index (χ3v) is 3.87. The largest absolute Gasteiger partial charge is 0.355 e. The van der Waals surface area contributed by atoms with Crippen molar-refractivity contribution in [3.8, 4) is 0 Å². The molecule has 96 valence electrons. The Morgan fingerprint density at radius 1 is 1.53 bits per heavy atom. The molecule has 0 aromatic carbocycles. The number of nitrogens with zero attached hydrogens (tertiary/aromatic N) is 1. The van der Waals surface area contributed by atoms with E-state index in [1.165, 1.54) is 12.8 Å². The summed E-state index contributed by atoms with van der Waals surface area (Å²) in [5, 5.41) is 2.75. The van der Waals surface area contributed by atoms with Crippen molar-refractivity contribution in [3.05, 3.63) is 0 Å². The number of likely N-dealkylation sites (N-methyl/N-ethyl adjacent to an activating group) is 1. The van der Waals surface area contributed by atoms with Crippen LogP contribution >= 0.6 is 0 Å². The monoisotopic (exact) mass is 239 g/mol. The fraction of sp³-hybridized carbons (Fsp3) is 0.833. The van der Waals surface area contributed by atoms with Gasteiger partial charge in [0.1, 0.15) is 0 Å². The van der Waals surface area contributed by atoms with Gasteiger partial charge in [0, 0.05) is 32.6 Å². The summed E-state index contributed by atoms with van der Waals surface area (Å²) in [5.74, 6) is 0.708. The van der Waals surface area contributed by atoms with Crippen molar-refractivity contribution in [2.24, 2.45) is 17.6 Å². The van der Waals surface area contributed by atoms with Crippen LogP contribution in [0.2, 0.25) is 0 Å². The third kappa shape index (κ3) is 2.77. The molecule has 3 N–H and O–H groups in total. The van der Waals surface area contributed by atoms with E-state index in [1.54, 1.807) is 4.90 Å². The minimum absolute atomic E-state index is 0.0503. The van der Waals surface area contributed by atoms with Crippen LogP contribution in [0, 0.1) is 11.8 Å². The lowest BCUT2D eigenvalue weighted by atomic mass is 9.96. The number of amides is 2. The Bertz CT molecular complexity index is 305. The fourth-order valence-corrected chi connectivity index (χ4v) is 2.54. The molecule has 0 radical (unpaired) electrons. The molecule has 1 saturated carbocycles. The summed E-state index contributed by atoms with van der Waals surface area (Å²) in [6.45, 7) is 1.01.